The summed E-state index contributed by atoms with van der Waals surface area (Å²) in [6.45, 7) is 9.99. The minimum Gasteiger partial charge on any atom is -0.361 e. The summed E-state index contributed by atoms with van der Waals surface area (Å²) in [5.74, 6) is 0.874. The maximum absolute atomic E-state index is 4.24. The van der Waals surface area contributed by atoms with E-state index in [0.29, 0.717) is 5.54 Å². The molecule has 1 aromatic rings. The maximum atomic E-state index is 4.24. The lowest BCUT2D eigenvalue weighted by Gasteiger charge is -2.10. The summed E-state index contributed by atoms with van der Waals surface area (Å²) < 4.78 is 0. The molecule has 1 aliphatic carbocycles. The number of benzene rings is 1. The molecule has 1 heteroatoms. The molecule has 0 N–H and O–H groups in total. The molecule has 1 saturated heterocycles. The van der Waals surface area contributed by atoms with Crippen molar-refractivity contribution in [3.8, 4) is 0 Å². The Balaban J connectivity index is 1.75. The van der Waals surface area contributed by atoms with Gasteiger partial charge in [0.05, 0.1) is 5.54 Å². The fourth-order valence-electron chi connectivity index (χ4n) is 2.76. The minimum atomic E-state index is 0.528. The van der Waals surface area contributed by atoms with Crippen molar-refractivity contribution in [1.29, 1.82) is 0 Å². The Morgan fingerprint density at radius 1 is 1.44 bits per heavy atom. The smallest absolute Gasteiger partial charge is 0.0607 e. The van der Waals surface area contributed by atoms with Crippen LogP contribution in [0.15, 0.2) is 30.8 Å². The summed E-state index contributed by atoms with van der Waals surface area (Å²) in [4.78, 5) is 2.47. The molecule has 2 atom stereocenters. The lowest BCUT2D eigenvalue weighted by molar-refractivity contribution is 0.664. The van der Waals surface area contributed by atoms with Crippen LogP contribution in [0, 0.1) is 5.92 Å². The number of rotatable bonds is 3. The molecule has 1 aliphatic heterocycles. The molecule has 0 bridgehead atoms. The van der Waals surface area contributed by atoms with Gasteiger partial charge in [-0.1, -0.05) is 44.7 Å². The molecule has 1 heterocycles. The highest BCUT2D eigenvalue weighted by atomic mass is 15.4. The molecule has 1 nitrogen and oxygen atoms in total. The van der Waals surface area contributed by atoms with E-state index in [1.807, 2.05) is 0 Å². The van der Waals surface area contributed by atoms with Gasteiger partial charge in [-0.2, -0.15) is 0 Å². The first-order valence-electron chi connectivity index (χ1n) is 6.23. The largest absolute Gasteiger partial charge is 0.361 e. The molecular formula is C15H19N. The fraction of sp³-hybridized carbons (Fsp3) is 0.467. The third kappa shape index (κ3) is 1.31. The summed E-state index contributed by atoms with van der Waals surface area (Å²) >= 11 is 0. The average molecular weight is 213 g/mol. The molecule has 2 aliphatic rings. The third-order valence-electron chi connectivity index (χ3n) is 4.30. The number of hydrogen-bond donors (Lipinski definition) is 0. The summed E-state index contributed by atoms with van der Waals surface area (Å²) in [6.07, 6.45) is 2.47. The van der Waals surface area contributed by atoms with Crippen LogP contribution in [-0.2, 0) is 6.42 Å². The molecular weight excluding hydrogens is 194 g/mol. The van der Waals surface area contributed by atoms with Crippen LogP contribution < -0.4 is 0 Å². The van der Waals surface area contributed by atoms with Crippen molar-refractivity contribution >= 4 is 5.70 Å². The van der Waals surface area contributed by atoms with Crippen LogP contribution in [0.1, 0.15) is 31.4 Å². The second-order valence-corrected chi connectivity index (χ2v) is 5.29. The van der Waals surface area contributed by atoms with Gasteiger partial charge in [-0.15, -0.1) is 0 Å². The maximum Gasteiger partial charge on any atom is 0.0607 e. The van der Waals surface area contributed by atoms with E-state index in [1.54, 1.807) is 0 Å². The normalized spacial score (nSPS) is 30.6. The van der Waals surface area contributed by atoms with Crippen LogP contribution in [0.25, 0.3) is 5.70 Å². The van der Waals surface area contributed by atoms with Crippen LogP contribution in [-0.4, -0.2) is 17.0 Å². The van der Waals surface area contributed by atoms with Crippen molar-refractivity contribution in [2.45, 2.75) is 32.2 Å². The molecule has 3 rings (SSSR count). The van der Waals surface area contributed by atoms with Gasteiger partial charge in [-0.25, -0.2) is 0 Å². The predicted octanol–water partition coefficient (Wildman–Crippen LogP) is 3.31. The molecule has 84 valence electrons. The molecule has 1 saturated carbocycles. The first-order valence-corrected chi connectivity index (χ1v) is 6.23. The first-order chi connectivity index (χ1) is 7.67. The minimum absolute atomic E-state index is 0.528. The molecule has 0 radical (unpaired) electrons. The van der Waals surface area contributed by atoms with E-state index in [4.69, 9.17) is 0 Å². The van der Waals surface area contributed by atoms with E-state index in [1.165, 1.54) is 29.8 Å². The van der Waals surface area contributed by atoms with E-state index in [9.17, 15) is 0 Å². The van der Waals surface area contributed by atoms with Crippen molar-refractivity contribution in [3.63, 3.8) is 0 Å². The van der Waals surface area contributed by atoms with Gasteiger partial charge in [-0.3, -0.25) is 0 Å². The van der Waals surface area contributed by atoms with Crippen molar-refractivity contribution in [2.75, 3.05) is 6.54 Å². The summed E-state index contributed by atoms with van der Waals surface area (Å²) in [5.41, 5.74) is 4.43. The molecule has 0 aromatic heterocycles. The zero-order valence-corrected chi connectivity index (χ0v) is 10.2. The average Bonchev–Trinajstić information content (AvgIpc) is 3.18. The number of hydrogen-bond acceptors (Lipinski definition) is 1. The Morgan fingerprint density at radius 3 is 2.50 bits per heavy atom. The van der Waals surface area contributed by atoms with Gasteiger partial charge in [0, 0.05) is 12.2 Å². The van der Waals surface area contributed by atoms with Crippen molar-refractivity contribution in [1.82, 2.24) is 4.90 Å². The van der Waals surface area contributed by atoms with Crippen LogP contribution in [0.4, 0.5) is 0 Å². The quantitative estimate of drug-likeness (QED) is 0.696. The summed E-state index contributed by atoms with van der Waals surface area (Å²) in [5, 5.41) is 0. The standard InChI is InChI=1S/C15H19N/c1-4-13-5-7-14(8-6-13)12(3)16-10-15(16)9-11(15)2/h5-8,11H,3-4,9-10H2,1-2H3. The van der Waals surface area contributed by atoms with E-state index in [0.717, 1.165) is 12.3 Å². The van der Waals surface area contributed by atoms with Crippen molar-refractivity contribution < 1.29 is 0 Å². The highest BCUT2D eigenvalue weighted by Crippen LogP contribution is 2.61. The van der Waals surface area contributed by atoms with Gasteiger partial charge in [0.2, 0.25) is 0 Å². The number of nitrogens with zero attached hydrogens (tertiary/aromatic N) is 1. The SMILES string of the molecule is C=C(c1ccc(CC)cc1)N1CC12CC2C. The highest BCUT2D eigenvalue weighted by molar-refractivity contribution is 5.66. The first kappa shape index (κ1) is 9.95. The monoisotopic (exact) mass is 213 g/mol. The topological polar surface area (TPSA) is 3.01 Å². The van der Waals surface area contributed by atoms with E-state index in [-0.39, 0.29) is 0 Å². The Morgan fingerprint density at radius 2 is 2.06 bits per heavy atom. The van der Waals surface area contributed by atoms with Crippen molar-refractivity contribution in [3.05, 3.63) is 42.0 Å². The van der Waals surface area contributed by atoms with E-state index in [2.05, 4.69) is 49.6 Å². The zero-order valence-electron chi connectivity index (χ0n) is 10.2. The van der Waals surface area contributed by atoms with Gasteiger partial charge >= 0.3 is 0 Å². The van der Waals surface area contributed by atoms with Gasteiger partial charge in [-0.05, 0) is 29.9 Å². The second kappa shape index (κ2) is 3.13. The van der Waals surface area contributed by atoms with Gasteiger partial charge in [0.25, 0.3) is 0 Å². The third-order valence-corrected chi connectivity index (χ3v) is 4.30. The highest BCUT2D eigenvalue weighted by Gasteiger charge is 2.67. The second-order valence-electron chi connectivity index (χ2n) is 5.29. The Kier molecular flexibility index (Phi) is 1.95. The number of aryl methyl sites for hydroxylation is 1. The lowest BCUT2D eigenvalue weighted by Crippen LogP contribution is -2.01. The predicted molar refractivity (Wildman–Crippen MR) is 68.1 cm³/mol. The molecule has 2 fully saturated rings. The van der Waals surface area contributed by atoms with E-state index < -0.39 is 0 Å². The van der Waals surface area contributed by atoms with Gasteiger partial charge in [0.1, 0.15) is 0 Å². The molecule has 1 aromatic carbocycles. The van der Waals surface area contributed by atoms with Crippen LogP contribution in [0.5, 0.6) is 0 Å². The van der Waals surface area contributed by atoms with Gasteiger partial charge in [0.15, 0.2) is 0 Å². The molecule has 16 heavy (non-hydrogen) atoms. The van der Waals surface area contributed by atoms with Crippen LogP contribution >= 0.6 is 0 Å². The summed E-state index contributed by atoms with van der Waals surface area (Å²) in [7, 11) is 0. The van der Waals surface area contributed by atoms with Crippen molar-refractivity contribution in [2.24, 2.45) is 5.92 Å². The molecule has 1 spiro atoms. The Hall–Kier alpha value is -1.24. The van der Waals surface area contributed by atoms with Crippen LogP contribution in [0.3, 0.4) is 0 Å². The fourth-order valence-corrected chi connectivity index (χ4v) is 2.76. The molecule has 0 amide bonds. The van der Waals surface area contributed by atoms with E-state index >= 15 is 0 Å². The lowest BCUT2D eigenvalue weighted by atomic mass is 10.1. The van der Waals surface area contributed by atoms with Gasteiger partial charge < -0.3 is 4.90 Å². The Bertz CT molecular complexity index is 431. The Labute approximate surface area is 97.8 Å². The van der Waals surface area contributed by atoms with Crippen LogP contribution in [0.2, 0.25) is 0 Å². The molecule has 2 unspecified atom stereocenters. The zero-order chi connectivity index (χ0) is 11.3. The summed E-state index contributed by atoms with van der Waals surface area (Å²) in [6, 6.07) is 8.85.